The third-order valence-corrected chi connectivity index (χ3v) is 3.84. The van der Waals surface area contributed by atoms with Crippen molar-refractivity contribution >= 4 is 0 Å². The van der Waals surface area contributed by atoms with Crippen LogP contribution >= 0.6 is 0 Å². The van der Waals surface area contributed by atoms with Crippen LogP contribution in [0.1, 0.15) is 24.8 Å². The van der Waals surface area contributed by atoms with Crippen molar-refractivity contribution in [3.63, 3.8) is 0 Å². The van der Waals surface area contributed by atoms with Crippen molar-refractivity contribution in [3.8, 4) is 0 Å². The predicted octanol–water partition coefficient (Wildman–Crippen LogP) is 2.43. The summed E-state index contributed by atoms with van der Waals surface area (Å²) >= 11 is 0. The van der Waals surface area contributed by atoms with Crippen LogP contribution < -0.4 is 0 Å². The molecule has 1 aliphatic heterocycles. The van der Waals surface area contributed by atoms with E-state index in [1.54, 1.807) is 0 Å². The van der Waals surface area contributed by atoms with Gasteiger partial charge in [0.25, 0.3) is 0 Å². The number of rotatable bonds is 4. The predicted molar refractivity (Wildman–Crippen MR) is 73.4 cm³/mol. The van der Waals surface area contributed by atoms with Crippen LogP contribution in [-0.4, -0.2) is 49.6 Å². The van der Waals surface area contributed by atoms with Crippen LogP contribution in [0.15, 0.2) is 30.3 Å². The molecule has 0 spiro atoms. The summed E-state index contributed by atoms with van der Waals surface area (Å²) in [4.78, 5) is 5.01. The van der Waals surface area contributed by atoms with Crippen LogP contribution in [0.25, 0.3) is 0 Å². The lowest BCUT2D eigenvalue weighted by molar-refractivity contribution is 0.151. The molecule has 1 atom stereocenters. The molecule has 0 radical (unpaired) electrons. The molecule has 0 bridgehead atoms. The van der Waals surface area contributed by atoms with Crippen LogP contribution in [0.4, 0.5) is 0 Å². The Balaban J connectivity index is 1.75. The molecule has 0 aliphatic carbocycles. The second-order valence-corrected chi connectivity index (χ2v) is 5.25. The Morgan fingerprint density at radius 1 is 1.06 bits per heavy atom. The molecule has 0 amide bonds. The van der Waals surface area contributed by atoms with E-state index in [0.717, 1.165) is 0 Å². The van der Waals surface area contributed by atoms with Crippen molar-refractivity contribution in [1.82, 2.24) is 9.80 Å². The zero-order valence-corrected chi connectivity index (χ0v) is 11.1. The summed E-state index contributed by atoms with van der Waals surface area (Å²) in [5, 5.41) is 0. The highest BCUT2D eigenvalue weighted by Crippen LogP contribution is 2.18. The van der Waals surface area contributed by atoms with Crippen molar-refractivity contribution in [2.24, 2.45) is 0 Å². The summed E-state index contributed by atoms with van der Waals surface area (Å²) < 4.78 is 0. The summed E-state index contributed by atoms with van der Waals surface area (Å²) in [5.74, 6) is 0.677. The van der Waals surface area contributed by atoms with Crippen LogP contribution in [0.3, 0.4) is 0 Å². The molecule has 1 aromatic carbocycles. The van der Waals surface area contributed by atoms with Crippen LogP contribution in [0.5, 0.6) is 0 Å². The smallest absolute Gasteiger partial charge is 0.0110 e. The highest BCUT2D eigenvalue weighted by Gasteiger charge is 2.14. The Hall–Kier alpha value is -0.860. The van der Waals surface area contributed by atoms with Gasteiger partial charge in [-0.05, 0) is 31.5 Å². The third-order valence-electron chi connectivity index (χ3n) is 3.84. The molecule has 94 valence electrons. The molecule has 0 saturated carbocycles. The molecule has 0 N–H and O–H groups in total. The Labute approximate surface area is 105 Å². The Morgan fingerprint density at radius 3 is 2.35 bits per heavy atom. The fourth-order valence-electron chi connectivity index (χ4n) is 2.40. The second kappa shape index (κ2) is 6.18. The first-order valence-electron chi connectivity index (χ1n) is 6.71. The summed E-state index contributed by atoms with van der Waals surface area (Å²) in [6, 6.07) is 10.9. The van der Waals surface area contributed by atoms with Crippen molar-refractivity contribution in [2.75, 3.05) is 39.8 Å². The van der Waals surface area contributed by atoms with Crippen LogP contribution in [-0.2, 0) is 0 Å². The summed E-state index contributed by atoms with van der Waals surface area (Å²) in [6.45, 7) is 8.49. The van der Waals surface area contributed by atoms with E-state index in [0.29, 0.717) is 5.92 Å². The van der Waals surface area contributed by atoms with E-state index in [-0.39, 0.29) is 0 Å². The molecule has 2 heteroatoms. The Kier molecular flexibility index (Phi) is 4.57. The van der Waals surface area contributed by atoms with Gasteiger partial charge in [0, 0.05) is 26.2 Å². The maximum absolute atomic E-state index is 2.60. The van der Waals surface area contributed by atoms with Gasteiger partial charge in [-0.1, -0.05) is 37.3 Å². The van der Waals surface area contributed by atoms with Gasteiger partial charge >= 0.3 is 0 Å². The molecular formula is C15H24N2. The van der Waals surface area contributed by atoms with Crippen molar-refractivity contribution < 1.29 is 0 Å². The largest absolute Gasteiger partial charge is 0.304 e. The number of hydrogen-bond donors (Lipinski definition) is 0. The molecule has 1 heterocycles. The molecule has 1 aromatic rings. The van der Waals surface area contributed by atoms with Gasteiger partial charge < -0.3 is 9.80 Å². The van der Waals surface area contributed by atoms with Gasteiger partial charge in [-0.25, -0.2) is 0 Å². The first-order valence-corrected chi connectivity index (χ1v) is 6.71. The summed E-state index contributed by atoms with van der Waals surface area (Å²) in [6.07, 6.45) is 1.27. The lowest BCUT2D eigenvalue weighted by Crippen LogP contribution is -2.44. The normalized spacial score (nSPS) is 20.4. The molecule has 0 unspecified atom stereocenters. The van der Waals surface area contributed by atoms with E-state index in [1.165, 1.54) is 44.7 Å². The minimum Gasteiger partial charge on any atom is -0.304 e. The van der Waals surface area contributed by atoms with Gasteiger partial charge in [0.1, 0.15) is 0 Å². The van der Waals surface area contributed by atoms with E-state index in [9.17, 15) is 0 Å². The average Bonchev–Trinajstić information content (AvgIpc) is 2.39. The molecule has 2 nitrogen and oxygen atoms in total. The summed E-state index contributed by atoms with van der Waals surface area (Å²) in [7, 11) is 2.21. The maximum atomic E-state index is 2.60. The van der Waals surface area contributed by atoms with Gasteiger partial charge in [-0.15, -0.1) is 0 Å². The standard InChI is InChI=1S/C15H24N2/c1-14(15-6-4-3-5-7-15)8-9-17-12-10-16(2)11-13-17/h3-7,14H,8-13H2,1-2H3/t14-/m1/s1. The SMILES string of the molecule is C[C@H](CCN1CCN(C)CC1)c1ccccc1. The fraction of sp³-hybridized carbons (Fsp3) is 0.600. The van der Waals surface area contributed by atoms with Gasteiger partial charge in [0.05, 0.1) is 0 Å². The number of benzene rings is 1. The highest BCUT2D eigenvalue weighted by atomic mass is 15.2. The molecular weight excluding hydrogens is 208 g/mol. The van der Waals surface area contributed by atoms with Gasteiger partial charge in [0.2, 0.25) is 0 Å². The molecule has 1 fully saturated rings. The molecule has 2 rings (SSSR count). The number of hydrogen-bond acceptors (Lipinski definition) is 2. The van der Waals surface area contributed by atoms with Gasteiger partial charge in [-0.2, -0.15) is 0 Å². The topological polar surface area (TPSA) is 6.48 Å². The zero-order chi connectivity index (χ0) is 12.1. The Bertz CT molecular complexity index is 315. The quantitative estimate of drug-likeness (QED) is 0.786. The van der Waals surface area contributed by atoms with E-state index >= 15 is 0 Å². The fourth-order valence-corrected chi connectivity index (χ4v) is 2.40. The minimum atomic E-state index is 0.677. The zero-order valence-electron chi connectivity index (χ0n) is 11.1. The monoisotopic (exact) mass is 232 g/mol. The molecule has 17 heavy (non-hydrogen) atoms. The number of nitrogens with zero attached hydrogens (tertiary/aromatic N) is 2. The average molecular weight is 232 g/mol. The maximum Gasteiger partial charge on any atom is 0.0110 e. The first kappa shape index (κ1) is 12.6. The lowest BCUT2D eigenvalue weighted by Gasteiger charge is -2.32. The molecule has 1 saturated heterocycles. The number of piperazine rings is 1. The van der Waals surface area contributed by atoms with E-state index in [4.69, 9.17) is 0 Å². The van der Waals surface area contributed by atoms with Crippen molar-refractivity contribution in [2.45, 2.75) is 19.3 Å². The van der Waals surface area contributed by atoms with Crippen molar-refractivity contribution in [3.05, 3.63) is 35.9 Å². The van der Waals surface area contributed by atoms with Gasteiger partial charge in [0.15, 0.2) is 0 Å². The van der Waals surface area contributed by atoms with E-state index in [1.807, 2.05) is 0 Å². The second-order valence-electron chi connectivity index (χ2n) is 5.25. The van der Waals surface area contributed by atoms with E-state index in [2.05, 4.69) is 54.1 Å². The molecule has 1 aliphatic rings. The minimum absolute atomic E-state index is 0.677. The van der Waals surface area contributed by atoms with Gasteiger partial charge in [-0.3, -0.25) is 0 Å². The number of likely N-dealkylation sites (N-methyl/N-ethyl adjacent to an activating group) is 1. The third kappa shape index (κ3) is 3.83. The molecule has 0 aromatic heterocycles. The highest BCUT2D eigenvalue weighted by molar-refractivity contribution is 5.18. The van der Waals surface area contributed by atoms with Crippen LogP contribution in [0, 0.1) is 0 Å². The van der Waals surface area contributed by atoms with E-state index < -0.39 is 0 Å². The van der Waals surface area contributed by atoms with Crippen LogP contribution in [0.2, 0.25) is 0 Å². The lowest BCUT2D eigenvalue weighted by atomic mass is 9.97. The summed E-state index contributed by atoms with van der Waals surface area (Å²) in [5.41, 5.74) is 1.47. The van der Waals surface area contributed by atoms with Crippen molar-refractivity contribution in [1.29, 1.82) is 0 Å². The Morgan fingerprint density at radius 2 is 1.71 bits per heavy atom. The first-order chi connectivity index (χ1) is 8.25.